The Morgan fingerprint density at radius 3 is 2.61 bits per heavy atom. The van der Waals surface area contributed by atoms with Crippen LogP contribution in [0.2, 0.25) is 5.15 Å². The standard InChI is InChI=1S/C17H14ClN3O2/c1-12-14(11-23-17(22)15-9-5-6-10-19-15)16(18)21(20-12)13-7-3-2-4-8-13/h2-10H,11H2,1H3. The lowest BCUT2D eigenvalue weighted by Crippen LogP contribution is -2.07. The summed E-state index contributed by atoms with van der Waals surface area (Å²) in [6.45, 7) is 1.88. The summed E-state index contributed by atoms with van der Waals surface area (Å²) in [5, 5.41) is 4.84. The molecule has 3 aromatic rings. The Labute approximate surface area is 138 Å². The number of hydrogen-bond acceptors (Lipinski definition) is 4. The Morgan fingerprint density at radius 1 is 1.17 bits per heavy atom. The van der Waals surface area contributed by atoms with E-state index in [-0.39, 0.29) is 12.3 Å². The van der Waals surface area contributed by atoms with Crippen LogP contribution in [0.3, 0.4) is 0 Å². The summed E-state index contributed by atoms with van der Waals surface area (Å²) in [5.74, 6) is -0.492. The SMILES string of the molecule is Cc1nn(-c2ccccc2)c(Cl)c1COC(=O)c1ccccn1. The zero-order valence-electron chi connectivity index (χ0n) is 12.4. The normalized spacial score (nSPS) is 10.5. The minimum atomic E-state index is -0.492. The highest BCUT2D eigenvalue weighted by molar-refractivity contribution is 6.30. The first-order valence-corrected chi connectivity index (χ1v) is 7.42. The van der Waals surface area contributed by atoms with E-state index in [1.54, 1.807) is 29.1 Å². The molecule has 6 heteroatoms. The van der Waals surface area contributed by atoms with E-state index in [0.29, 0.717) is 16.4 Å². The molecule has 23 heavy (non-hydrogen) atoms. The van der Waals surface area contributed by atoms with Gasteiger partial charge in [-0.2, -0.15) is 5.10 Å². The molecule has 0 bridgehead atoms. The van der Waals surface area contributed by atoms with E-state index in [1.807, 2.05) is 37.3 Å². The fourth-order valence-electron chi connectivity index (χ4n) is 2.13. The number of para-hydroxylation sites is 1. The van der Waals surface area contributed by atoms with Gasteiger partial charge in [0.15, 0.2) is 0 Å². The van der Waals surface area contributed by atoms with Crippen molar-refractivity contribution >= 4 is 17.6 Å². The third-order valence-electron chi connectivity index (χ3n) is 3.34. The fourth-order valence-corrected chi connectivity index (χ4v) is 2.46. The van der Waals surface area contributed by atoms with Crippen LogP contribution in [0.1, 0.15) is 21.7 Å². The van der Waals surface area contributed by atoms with Crippen molar-refractivity contribution in [3.63, 3.8) is 0 Å². The lowest BCUT2D eigenvalue weighted by molar-refractivity contribution is 0.0465. The van der Waals surface area contributed by atoms with Crippen LogP contribution in [0, 0.1) is 6.92 Å². The summed E-state index contributed by atoms with van der Waals surface area (Å²) in [7, 11) is 0. The minimum Gasteiger partial charge on any atom is -0.456 e. The van der Waals surface area contributed by atoms with Gasteiger partial charge in [0.1, 0.15) is 17.5 Å². The largest absolute Gasteiger partial charge is 0.456 e. The van der Waals surface area contributed by atoms with Crippen LogP contribution in [0.25, 0.3) is 5.69 Å². The van der Waals surface area contributed by atoms with E-state index in [4.69, 9.17) is 16.3 Å². The first-order valence-electron chi connectivity index (χ1n) is 7.04. The van der Waals surface area contributed by atoms with E-state index in [2.05, 4.69) is 10.1 Å². The van der Waals surface area contributed by atoms with Gasteiger partial charge in [0.25, 0.3) is 0 Å². The molecule has 0 saturated heterocycles. The molecular formula is C17H14ClN3O2. The number of carbonyl (C=O) groups is 1. The Morgan fingerprint density at radius 2 is 1.91 bits per heavy atom. The molecule has 0 aliphatic carbocycles. The van der Waals surface area contributed by atoms with Crippen LogP contribution in [-0.2, 0) is 11.3 Å². The van der Waals surface area contributed by atoms with E-state index in [0.717, 1.165) is 5.69 Å². The van der Waals surface area contributed by atoms with Gasteiger partial charge in [0.05, 0.1) is 11.4 Å². The molecule has 0 spiro atoms. The number of pyridine rings is 1. The third kappa shape index (κ3) is 3.24. The van der Waals surface area contributed by atoms with Crippen molar-refractivity contribution in [2.75, 3.05) is 0 Å². The van der Waals surface area contributed by atoms with Crippen molar-refractivity contribution in [3.8, 4) is 5.69 Å². The highest BCUT2D eigenvalue weighted by Gasteiger charge is 2.17. The van der Waals surface area contributed by atoms with Gasteiger partial charge in [-0.15, -0.1) is 0 Å². The van der Waals surface area contributed by atoms with E-state index in [9.17, 15) is 4.79 Å². The summed E-state index contributed by atoms with van der Waals surface area (Å²) in [6, 6.07) is 14.6. The average Bonchev–Trinajstić information content (AvgIpc) is 2.88. The number of benzene rings is 1. The molecule has 0 aliphatic heterocycles. The Kier molecular flexibility index (Phi) is 4.39. The second kappa shape index (κ2) is 6.62. The molecule has 0 N–H and O–H groups in total. The maximum atomic E-state index is 12.0. The molecule has 3 rings (SSSR count). The number of ether oxygens (including phenoxy) is 1. The number of nitrogens with zero attached hydrogens (tertiary/aromatic N) is 3. The molecule has 5 nitrogen and oxygen atoms in total. The van der Waals surface area contributed by atoms with E-state index < -0.39 is 5.97 Å². The van der Waals surface area contributed by atoms with Crippen molar-refractivity contribution < 1.29 is 9.53 Å². The van der Waals surface area contributed by atoms with Crippen molar-refractivity contribution in [2.24, 2.45) is 0 Å². The van der Waals surface area contributed by atoms with Crippen molar-refractivity contribution in [3.05, 3.63) is 76.8 Å². The van der Waals surface area contributed by atoms with Crippen LogP contribution in [0.5, 0.6) is 0 Å². The molecule has 1 aromatic carbocycles. The number of esters is 1. The van der Waals surface area contributed by atoms with E-state index >= 15 is 0 Å². The summed E-state index contributed by atoms with van der Waals surface area (Å²) in [5.41, 5.74) is 2.51. The summed E-state index contributed by atoms with van der Waals surface area (Å²) in [6.07, 6.45) is 1.54. The van der Waals surface area contributed by atoms with Gasteiger partial charge in [-0.25, -0.2) is 14.5 Å². The lowest BCUT2D eigenvalue weighted by Gasteiger charge is -2.05. The second-order valence-corrected chi connectivity index (χ2v) is 5.25. The summed E-state index contributed by atoms with van der Waals surface area (Å²) >= 11 is 6.39. The van der Waals surface area contributed by atoms with Crippen LogP contribution >= 0.6 is 11.6 Å². The van der Waals surface area contributed by atoms with Gasteiger partial charge < -0.3 is 4.74 Å². The molecule has 0 atom stereocenters. The first kappa shape index (κ1) is 15.2. The zero-order valence-corrected chi connectivity index (χ0v) is 13.2. The van der Waals surface area contributed by atoms with Crippen molar-refractivity contribution in [1.82, 2.24) is 14.8 Å². The van der Waals surface area contributed by atoms with Gasteiger partial charge >= 0.3 is 5.97 Å². The maximum absolute atomic E-state index is 12.0. The Bertz CT molecular complexity index is 817. The van der Waals surface area contributed by atoms with E-state index in [1.165, 1.54) is 0 Å². The van der Waals surface area contributed by atoms with Gasteiger partial charge in [0, 0.05) is 11.8 Å². The molecule has 0 amide bonds. The van der Waals surface area contributed by atoms with Gasteiger partial charge in [-0.05, 0) is 31.2 Å². The monoisotopic (exact) mass is 327 g/mol. The molecule has 0 radical (unpaired) electrons. The van der Waals surface area contributed by atoms with Crippen LogP contribution < -0.4 is 0 Å². The number of hydrogen-bond donors (Lipinski definition) is 0. The minimum absolute atomic E-state index is 0.0485. The predicted molar refractivity (Wildman–Crippen MR) is 86.7 cm³/mol. The van der Waals surface area contributed by atoms with Crippen molar-refractivity contribution in [2.45, 2.75) is 13.5 Å². The highest BCUT2D eigenvalue weighted by atomic mass is 35.5. The smallest absolute Gasteiger partial charge is 0.357 e. The van der Waals surface area contributed by atoms with Gasteiger partial charge in [0.2, 0.25) is 0 Å². The number of aromatic nitrogens is 3. The predicted octanol–water partition coefficient (Wildman–Crippen LogP) is 3.59. The summed E-state index contributed by atoms with van der Waals surface area (Å²) in [4.78, 5) is 15.9. The second-order valence-electron chi connectivity index (χ2n) is 4.89. The Hall–Kier alpha value is -2.66. The number of carbonyl (C=O) groups excluding carboxylic acids is 1. The molecule has 2 heterocycles. The molecule has 0 saturated carbocycles. The summed E-state index contributed by atoms with van der Waals surface area (Å²) < 4.78 is 6.91. The molecular weight excluding hydrogens is 314 g/mol. The van der Waals surface area contributed by atoms with Crippen LogP contribution in [-0.4, -0.2) is 20.7 Å². The third-order valence-corrected chi connectivity index (χ3v) is 3.73. The molecule has 2 aromatic heterocycles. The van der Waals surface area contributed by atoms with Crippen molar-refractivity contribution in [1.29, 1.82) is 0 Å². The number of rotatable bonds is 4. The molecule has 116 valence electrons. The highest BCUT2D eigenvalue weighted by Crippen LogP contribution is 2.24. The topological polar surface area (TPSA) is 57.0 Å². The molecule has 0 unspecified atom stereocenters. The van der Waals surface area contributed by atoms with Crippen LogP contribution in [0.15, 0.2) is 54.7 Å². The molecule has 0 fully saturated rings. The average molecular weight is 328 g/mol. The lowest BCUT2D eigenvalue weighted by atomic mass is 10.3. The fraction of sp³-hybridized carbons (Fsp3) is 0.118. The quantitative estimate of drug-likeness (QED) is 0.687. The first-order chi connectivity index (χ1) is 11.2. The zero-order chi connectivity index (χ0) is 16.2. The van der Waals surface area contributed by atoms with Gasteiger partial charge in [-0.3, -0.25) is 0 Å². The maximum Gasteiger partial charge on any atom is 0.357 e. The number of halogens is 1. The van der Waals surface area contributed by atoms with Gasteiger partial charge in [-0.1, -0.05) is 35.9 Å². The molecule has 0 aliphatic rings. The number of aryl methyl sites for hydroxylation is 1. The van der Waals surface area contributed by atoms with Crippen LogP contribution in [0.4, 0.5) is 0 Å². The Balaban J connectivity index is 1.79.